The van der Waals surface area contributed by atoms with E-state index >= 15 is 0 Å². The molecule has 0 aliphatic heterocycles. The monoisotopic (exact) mass is 341 g/mol. The van der Waals surface area contributed by atoms with Crippen LogP contribution in [0.2, 0.25) is 0 Å². The van der Waals surface area contributed by atoms with Gasteiger partial charge in [0.15, 0.2) is 0 Å². The third-order valence-electron chi connectivity index (χ3n) is 4.16. The van der Waals surface area contributed by atoms with Crippen LogP contribution in [0.4, 0.5) is 11.5 Å². The number of rotatable bonds is 6. The highest BCUT2D eigenvalue weighted by Crippen LogP contribution is 2.24. The minimum absolute atomic E-state index is 0.722. The van der Waals surface area contributed by atoms with Gasteiger partial charge in [0.05, 0.1) is 5.52 Å². The molecule has 0 radical (unpaired) electrons. The van der Waals surface area contributed by atoms with E-state index in [1.165, 1.54) is 5.56 Å². The first-order chi connectivity index (χ1) is 12.9. The van der Waals surface area contributed by atoms with E-state index in [0.717, 1.165) is 41.1 Å². The van der Waals surface area contributed by atoms with Crippen molar-refractivity contribution < 1.29 is 0 Å². The van der Waals surface area contributed by atoms with Crippen LogP contribution in [-0.4, -0.2) is 15.0 Å². The van der Waals surface area contributed by atoms with E-state index < -0.39 is 0 Å². The molecule has 0 aliphatic carbocycles. The largest absolute Gasteiger partial charge is 0.381 e. The van der Waals surface area contributed by atoms with E-state index in [0.29, 0.717) is 0 Å². The van der Waals surface area contributed by atoms with Gasteiger partial charge >= 0.3 is 0 Å². The average molecular weight is 341 g/mol. The van der Waals surface area contributed by atoms with Crippen molar-refractivity contribution in [1.82, 2.24) is 15.0 Å². The number of aromatic nitrogens is 3. The molecule has 0 fully saturated rings. The number of fused-ring (bicyclic) bond motifs is 1. The van der Waals surface area contributed by atoms with Gasteiger partial charge in [0.1, 0.15) is 12.1 Å². The Balaban J connectivity index is 1.54. The number of hydrogen-bond acceptors (Lipinski definition) is 5. The van der Waals surface area contributed by atoms with Crippen LogP contribution in [0.15, 0.2) is 79.4 Å². The van der Waals surface area contributed by atoms with E-state index in [1.807, 2.05) is 42.6 Å². The molecule has 0 unspecified atom stereocenters. The molecule has 128 valence electrons. The summed E-state index contributed by atoms with van der Waals surface area (Å²) in [5.74, 6) is 0.837. The predicted octanol–water partition coefficient (Wildman–Crippen LogP) is 4.25. The Morgan fingerprint density at radius 1 is 0.769 bits per heavy atom. The number of hydrogen-bond donors (Lipinski definition) is 2. The maximum Gasteiger partial charge on any atom is 0.137 e. The van der Waals surface area contributed by atoms with Gasteiger partial charge in [-0.3, -0.25) is 4.98 Å². The van der Waals surface area contributed by atoms with Crippen LogP contribution in [0.1, 0.15) is 11.1 Å². The van der Waals surface area contributed by atoms with E-state index in [-0.39, 0.29) is 0 Å². The van der Waals surface area contributed by atoms with Gasteiger partial charge in [0.2, 0.25) is 0 Å². The summed E-state index contributed by atoms with van der Waals surface area (Å²) in [5.41, 5.74) is 4.30. The quantitative estimate of drug-likeness (QED) is 0.549. The molecule has 5 nitrogen and oxygen atoms in total. The Kier molecular flexibility index (Phi) is 4.69. The molecule has 0 saturated heterocycles. The minimum atomic E-state index is 0.722. The molecular formula is C21H19N5. The van der Waals surface area contributed by atoms with E-state index in [9.17, 15) is 0 Å². The predicted molar refractivity (Wildman–Crippen MR) is 105 cm³/mol. The molecule has 4 aromatic rings. The minimum Gasteiger partial charge on any atom is -0.381 e. The highest BCUT2D eigenvalue weighted by molar-refractivity contribution is 5.91. The molecule has 0 aliphatic rings. The number of nitrogens with zero attached hydrogens (tertiary/aromatic N) is 3. The van der Waals surface area contributed by atoms with Crippen molar-refractivity contribution in [2.45, 2.75) is 13.1 Å². The lowest BCUT2D eigenvalue weighted by atomic mass is 10.2. The second-order valence-corrected chi connectivity index (χ2v) is 6.01. The standard InChI is InChI=1S/C21H19N5/c1-2-5-16(6-3-1)13-24-21-19-11-18(8-9-20(19)25-15-26-21)23-14-17-7-4-10-22-12-17/h1-12,15,23H,13-14H2,(H,24,25,26). The van der Waals surface area contributed by atoms with Crippen LogP contribution in [-0.2, 0) is 13.1 Å². The van der Waals surface area contributed by atoms with Crippen LogP contribution >= 0.6 is 0 Å². The van der Waals surface area contributed by atoms with E-state index in [4.69, 9.17) is 0 Å². The van der Waals surface area contributed by atoms with Crippen molar-refractivity contribution in [2.75, 3.05) is 10.6 Å². The molecule has 0 spiro atoms. The molecule has 4 rings (SSSR count). The summed E-state index contributed by atoms with van der Waals surface area (Å²) in [6.45, 7) is 1.44. The zero-order chi connectivity index (χ0) is 17.6. The van der Waals surface area contributed by atoms with Gasteiger partial charge in [-0.1, -0.05) is 36.4 Å². The van der Waals surface area contributed by atoms with Crippen LogP contribution in [0, 0.1) is 0 Å². The van der Waals surface area contributed by atoms with Gasteiger partial charge in [0, 0.05) is 36.6 Å². The van der Waals surface area contributed by atoms with Crippen LogP contribution in [0.25, 0.3) is 10.9 Å². The van der Waals surface area contributed by atoms with Crippen molar-refractivity contribution in [3.63, 3.8) is 0 Å². The zero-order valence-electron chi connectivity index (χ0n) is 14.3. The molecule has 2 aromatic carbocycles. The summed E-state index contributed by atoms with van der Waals surface area (Å²) in [5, 5.41) is 7.85. The Labute approximate surface area is 152 Å². The number of nitrogens with one attached hydrogen (secondary N) is 2. The first-order valence-electron chi connectivity index (χ1n) is 8.54. The maximum absolute atomic E-state index is 4.42. The molecular weight excluding hydrogens is 322 g/mol. The van der Waals surface area contributed by atoms with Crippen molar-refractivity contribution in [3.05, 3.63) is 90.5 Å². The van der Waals surface area contributed by atoms with Crippen LogP contribution < -0.4 is 10.6 Å². The lowest BCUT2D eigenvalue weighted by Crippen LogP contribution is -2.03. The van der Waals surface area contributed by atoms with Crippen molar-refractivity contribution >= 4 is 22.4 Å². The summed E-state index contributed by atoms with van der Waals surface area (Å²) >= 11 is 0. The number of pyridine rings is 1. The molecule has 5 heteroatoms. The first-order valence-corrected chi connectivity index (χ1v) is 8.54. The Hall–Kier alpha value is -3.47. The lowest BCUT2D eigenvalue weighted by Gasteiger charge is -2.11. The second-order valence-electron chi connectivity index (χ2n) is 6.01. The fraction of sp³-hybridized carbons (Fsp3) is 0.0952. The van der Waals surface area contributed by atoms with Gasteiger partial charge in [-0.25, -0.2) is 9.97 Å². The third kappa shape index (κ3) is 3.78. The van der Waals surface area contributed by atoms with Gasteiger partial charge in [0.25, 0.3) is 0 Å². The van der Waals surface area contributed by atoms with Gasteiger partial charge in [-0.15, -0.1) is 0 Å². The SMILES string of the molecule is c1ccc(CNc2ncnc3ccc(NCc4cccnc4)cc23)cc1. The van der Waals surface area contributed by atoms with Gasteiger partial charge in [-0.05, 0) is 35.4 Å². The lowest BCUT2D eigenvalue weighted by molar-refractivity contribution is 1.10. The number of anilines is 2. The van der Waals surface area contributed by atoms with Gasteiger partial charge < -0.3 is 10.6 Å². The smallest absolute Gasteiger partial charge is 0.137 e. The van der Waals surface area contributed by atoms with Gasteiger partial charge in [-0.2, -0.15) is 0 Å². The van der Waals surface area contributed by atoms with Crippen molar-refractivity contribution in [2.24, 2.45) is 0 Å². The zero-order valence-corrected chi connectivity index (χ0v) is 14.3. The highest BCUT2D eigenvalue weighted by atomic mass is 15.0. The Morgan fingerprint density at radius 2 is 1.62 bits per heavy atom. The summed E-state index contributed by atoms with van der Waals surface area (Å²) in [4.78, 5) is 12.9. The van der Waals surface area contributed by atoms with E-state index in [2.05, 4.69) is 49.9 Å². The second kappa shape index (κ2) is 7.61. The van der Waals surface area contributed by atoms with Crippen molar-refractivity contribution in [1.29, 1.82) is 0 Å². The van der Waals surface area contributed by atoms with Crippen molar-refractivity contribution in [3.8, 4) is 0 Å². The molecule has 0 bridgehead atoms. The summed E-state index contributed by atoms with van der Waals surface area (Å²) < 4.78 is 0. The Morgan fingerprint density at radius 3 is 2.46 bits per heavy atom. The molecule has 0 amide bonds. The fourth-order valence-electron chi connectivity index (χ4n) is 2.80. The summed E-state index contributed by atoms with van der Waals surface area (Å²) in [7, 11) is 0. The maximum atomic E-state index is 4.42. The van der Waals surface area contributed by atoms with E-state index in [1.54, 1.807) is 12.5 Å². The molecule has 2 N–H and O–H groups in total. The van der Waals surface area contributed by atoms with Crippen LogP contribution in [0.5, 0.6) is 0 Å². The Bertz CT molecular complexity index is 987. The molecule has 0 saturated carbocycles. The first kappa shape index (κ1) is 16.0. The summed E-state index contributed by atoms with van der Waals surface area (Å²) in [6.07, 6.45) is 5.24. The third-order valence-corrected chi connectivity index (χ3v) is 4.16. The molecule has 0 atom stereocenters. The molecule has 26 heavy (non-hydrogen) atoms. The topological polar surface area (TPSA) is 62.7 Å². The fourth-order valence-corrected chi connectivity index (χ4v) is 2.80. The number of benzene rings is 2. The normalized spacial score (nSPS) is 10.6. The highest BCUT2D eigenvalue weighted by Gasteiger charge is 2.05. The molecule has 2 heterocycles. The summed E-state index contributed by atoms with van der Waals surface area (Å²) in [6, 6.07) is 20.4. The average Bonchev–Trinajstić information content (AvgIpc) is 2.72. The van der Waals surface area contributed by atoms with Crippen LogP contribution in [0.3, 0.4) is 0 Å². The molecule has 2 aromatic heterocycles.